The van der Waals surface area contributed by atoms with Crippen molar-refractivity contribution >= 4 is 0 Å². The van der Waals surface area contributed by atoms with Crippen LogP contribution in [0.3, 0.4) is 0 Å². The minimum atomic E-state index is 0.172. The summed E-state index contributed by atoms with van der Waals surface area (Å²) in [5.74, 6) is 1.42. The number of rotatable bonds is 8. The van der Waals surface area contributed by atoms with Gasteiger partial charge in [0.05, 0.1) is 0 Å². The second-order valence-electron chi connectivity index (χ2n) is 6.17. The van der Waals surface area contributed by atoms with E-state index in [1.807, 2.05) is 0 Å². The Morgan fingerprint density at radius 1 is 1.28 bits per heavy atom. The zero-order chi connectivity index (χ0) is 13.4. The highest BCUT2D eigenvalue weighted by atomic mass is 16.2. The third-order valence-electron chi connectivity index (χ3n) is 4.58. The predicted molar refractivity (Wildman–Crippen MR) is 77.5 cm³/mol. The van der Waals surface area contributed by atoms with E-state index in [1.165, 1.54) is 25.7 Å². The van der Waals surface area contributed by atoms with Gasteiger partial charge in [-0.15, -0.1) is 0 Å². The third-order valence-corrected chi connectivity index (χ3v) is 4.58. The van der Waals surface area contributed by atoms with Gasteiger partial charge >= 0.3 is 0 Å². The molecular formula is C15H32N2O. The Balaban J connectivity index is 2.47. The van der Waals surface area contributed by atoms with Crippen LogP contribution in [0.2, 0.25) is 0 Å². The van der Waals surface area contributed by atoms with E-state index in [0.29, 0.717) is 18.4 Å². The largest absolute Gasteiger partial charge is 0.396 e. The van der Waals surface area contributed by atoms with E-state index in [2.05, 4.69) is 19.2 Å². The first-order valence-corrected chi connectivity index (χ1v) is 7.72. The lowest BCUT2D eigenvalue weighted by Crippen LogP contribution is -2.59. The Kier molecular flexibility index (Phi) is 7.20. The minimum absolute atomic E-state index is 0.172. The summed E-state index contributed by atoms with van der Waals surface area (Å²) in [5, 5.41) is 12.6. The van der Waals surface area contributed by atoms with Crippen LogP contribution in [0.4, 0.5) is 0 Å². The molecule has 0 saturated heterocycles. The molecule has 0 aliphatic heterocycles. The maximum absolute atomic E-state index is 8.79. The van der Waals surface area contributed by atoms with E-state index < -0.39 is 0 Å². The maximum Gasteiger partial charge on any atom is 0.0431 e. The molecule has 1 aliphatic rings. The van der Waals surface area contributed by atoms with Crippen molar-refractivity contribution in [2.75, 3.05) is 19.7 Å². The molecule has 108 valence electrons. The van der Waals surface area contributed by atoms with E-state index >= 15 is 0 Å². The summed E-state index contributed by atoms with van der Waals surface area (Å²) in [6, 6.07) is 0. The number of nitrogens with two attached hydrogens (primary N) is 1. The highest BCUT2D eigenvalue weighted by Gasteiger charge is 2.40. The number of aliphatic hydroxyl groups is 1. The van der Waals surface area contributed by atoms with Gasteiger partial charge in [0.1, 0.15) is 0 Å². The molecule has 0 aromatic rings. The second-order valence-corrected chi connectivity index (χ2v) is 6.17. The fraction of sp³-hybridized carbons (Fsp3) is 1.00. The van der Waals surface area contributed by atoms with Crippen LogP contribution < -0.4 is 11.1 Å². The highest BCUT2D eigenvalue weighted by molar-refractivity contribution is 4.99. The molecule has 0 radical (unpaired) electrons. The Hall–Kier alpha value is -0.120. The molecule has 2 unspecified atom stereocenters. The van der Waals surface area contributed by atoms with Crippen molar-refractivity contribution in [2.24, 2.45) is 17.6 Å². The first-order chi connectivity index (χ1) is 8.66. The van der Waals surface area contributed by atoms with Gasteiger partial charge in [-0.25, -0.2) is 0 Å². The molecule has 0 aromatic heterocycles. The number of hydrogen-bond acceptors (Lipinski definition) is 3. The monoisotopic (exact) mass is 256 g/mol. The average Bonchev–Trinajstić information content (AvgIpc) is 2.38. The van der Waals surface area contributed by atoms with E-state index in [9.17, 15) is 0 Å². The third kappa shape index (κ3) is 4.22. The van der Waals surface area contributed by atoms with Crippen molar-refractivity contribution in [1.29, 1.82) is 0 Å². The quantitative estimate of drug-likeness (QED) is 0.584. The summed E-state index contributed by atoms with van der Waals surface area (Å²) >= 11 is 0. The van der Waals surface area contributed by atoms with E-state index in [0.717, 1.165) is 32.4 Å². The lowest BCUT2D eigenvalue weighted by molar-refractivity contribution is 0.108. The first-order valence-electron chi connectivity index (χ1n) is 7.72. The molecule has 0 aromatic carbocycles. The van der Waals surface area contributed by atoms with Crippen LogP contribution in [-0.2, 0) is 0 Å². The SMILES string of the molecule is CC(C)C1CCCCC1(CN)NCCCCCO. The van der Waals surface area contributed by atoms with Crippen molar-refractivity contribution in [3.63, 3.8) is 0 Å². The zero-order valence-corrected chi connectivity index (χ0v) is 12.3. The zero-order valence-electron chi connectivity index (χ0n) is 12.3. The number of hydrogen-bond donors (Lipinski definition) is 3. The molecule has 1 rings (SSSR count). The van der Waals surface area contributed by atoms with E-state index in [1.54, 1.807) is 0 Å². The van der Waals surface area contributed by atoms with Crippen molar-refractivity contribution in [3.05, 3.63) is 0 Å². The maximum atomic E-state index is 8.79. The lowest BCUT2D eigenvalue weighted by atomic mass is 9.68. The molecule has 1 aliphatic carbocycles. The molecule has 18 heavy (non-hydrogen) atoms. The topological polar surface area (TPSA) is 58.3 Å². The van der Waals surface area contributed by atoms with Gasteiger partial charge in [0.15, 0.2) is 0 Å². The number of nitrogens with one attached hydrogen (secondary N) is 1. The molecule has 1 fully saturated rings. The lowest BCUT2D eigenvalue weighted by Gasteiger charge is -2.46. The minimum Gasteiger partial charge on any atom is -0.396 e. The fourth-order valence-corrected chi connectivity index (χ4v) is 3.53. The normalized spacial score (nSPS) is 28.8. The summed E-state index contributed by atoms with van der Waals surface area (Å²) in [4.78, 5) is 0. The van der Waals surface area contributed by atoms with Gasteiger partial charge in [-0.05, 0) is 50.5 Å². The van der Waals surface area contributed by atoms with Crippen molar-refractivity contribution in [1.82, 2.24) is 5.32 Å². The molecule has 2 atom stereocenters. The van der Waals surface area contributed by atoms with Crippen LogP contribution in [0.5, 0.6) is 0 Å². The Morgan fingerprint density at radius 2 is 2.06 bits per heavy atom. The fourth-order valence-electron chi connectivity index (χ4n) is 3.53. The van der Waals surface area contributed by atoms with Crippen LogP contribution in [0, 0.1) is 11.8 Å². The summed E-state index contributed by atoms with van der Waals surface area (Å²) in [5.41, 5.74) is 6.28. The average molecular weight is 256 g/mol. The molecule has 0 heterocycles. The summed E-state index contributed by atoms with van der Waals surface area (Å²) < 4.78 is 0. The van der Waals surface area contributed by atoms with Crippen LogP contribution in [-0.4, -0.2) is 30.3 Å². The van der Waals surface area contributed by atoms with Crippen molar-refractivity contribution in [2.45, 2.75) is 64.3 Å². The number of aliphatic hydroxyl groups excluding tert-OH is 1. The van der Waals surface area contributed by atoms with Gasteiger partial charge < -0.3 is 16.2 Å². The van der Waals surface area contributed by atoms with Crippen LogP contribution >= 0.6 is 0 Å². The first kappa shape index (κ1) is 15.9. The Labute approximate surface area is 113 Å². The molecular weight excluding hydrogens is 224 g/mol. The van der Waals surface area contributed by atoms with Crippen molar-refractivity contribution in [3.8, 4) is 0 Å². The Morgan fingerprint density at radius 3 is 2.67 bits per heavy atom. The van der Waals surface area contributed by atoms with Crippen LogP contribution in [0.15, 0.2) is 0 Å². The van der Waals surface area contributed by atoms with Crippen molar-refractivity contribution < 1.29 is 5.11 Å². The van der Waals surface area contributed by atoms with Gasteiger partial charge in [0, 0.05) is 18.7 Å². The molecule has 1 saturated carbocycles. The highest BCUT2D eigenvalue weighted by Crippen LogP contribution is 2.37. The standard InChI is InChI=1S/C15H32N2O/c1-13(2)14-8-4-5-9-15(14,12-16)17-10-6-3-7-11-18/h13-14,17-18H,3-12,16H2,1-2H3. The van der Waals surface area contributed by atoms with Crippen LogP contribution in [0.1, 0.15) is 58.8 Å². The number of unbranched alkanes of at least 4 members (excludes halogenated alkanes) is 2. The van der Waals surface area contributed by atoms with Gasteiger partial charge in [-0.2, -0.15) is 0 Å². The summed E-state index contributed by atoms with van der Waals surface area (Å²) in [6.45, 7) is 6.77. The summed E-state index contributed by atoms with van der Waals surface area (Å²) in [7, 11) is 0. The molecule has 3 heteroatoms. The van der Waals surface area contributed by atoms with Gasteiger partial charge in [-0.1, -0.05) is 26.7 Å². The molecule has 0 spiro atoms. The Bertz CT molecular complexity index is 221. The molecule has 4 N–H and O–H groups in total. The molecule has 0 bridgehead atoms. The smallest absolute Gasteiger partial charge is 0.0431 e. The van der Waals surface area contributed by atoms with Gasteiger partial charge in [0.25, 0.3) is 0 Å². The van der Waals surface area contributed by atoms with E-state index in [-0.39, 0.29) is 5.54 Å². The van der Waals surface area contributed by atoms with Gasteiger partial charge in [-0.3, -0.25) is 0 Å². The van der Waals surface area contributed by atoms with Crippen LogP contribution in [0.25, 0.3) is 0 Å². The van der Waals surface area contributed by atoms with Gasteiger partial charge in [0.2, 0.25) is 0 Å². The van der Waals surface area contributed by atoms with E-state index in [4.69, 9.17) is 10.8 Å². The predicted octanol–water partition coefficient (Wildman–Crippen LogP) is 2.28. The molecule has 0 amide bonds. The summed E-state index contributed by atoms with van der Waals surface area (Å²) in [6.07, 6.45) is 8.39. The molecule has 3 nitrogen and oxygen atoms in total. The second kappa shape index (κ2) is 8.13.